The van der Waals surface area contributed by atoms with Crippen molar-refractivity contribution >= 4 is 18.2 Å². The smallest absolute Gasteiger partial charge is 0.343 e. The quantitative estimate of drug-likeness (QED) is 0.225. The van der Waals surface area contributed by atoms with Gasteiger partial charge in [-0.05, 0) is 12.1 Å². The number of carbonyl (C=O) groups excluding carboxylic acids is 3. The minimum atomic E-state index is -0.685. The minimum absolute atomic E-state index is 0.0457. The lowest BCUT2D eigenvalue weighted by Crippen LogP contribution is -2.14. The van der Waals surface area contributed by atoms with E-state index in [1.807, 2.05) is 0 Å². The number of phenolic OH excluding ortho intramolecular Hbond substituents is 1. The van der Waals surface area contributed by atoms with Gasteiger partial charge in [0.1, 0.15) is 19.5 Å². The van der Waals surface area contributed by atoms with E-state index in [9.17, 15) is 19.5 Å². The van der Waals surface area contributed by atoms with E-state index in [4.69, 9.17) is 9.62 Å². The Morgan fingerprint density at radius 1 is 1.17 bits per heavy atom. The lowest BCUT2D eigenvalue weighted by molar-refractivity contribution is -0.296. The zero-order valence-electron chi connectivity index (χ0n) is 12.6. The van der Waals surface area contributed by atoms with Crippen molar-refractivity contribution in [3.63, 3.8) is 0 Å². The van der Waals surface area contributed by atoms with E-state index in [0.29, 0.717) is 6.29 Å². The predicted octanol–water partition coefficient (Wildman–Crippen LogP) is 0.378. The number of esters is 2. The summed E-state index contributed by atoms with van der Waals surface area (Å²) in [5.41, 5.74) is 0.254. The second kappa shape index (κ2) is 9.38. The Morgan fingerprint density at radius 3 is 2.52 bits per heavy atom. The number of carbonyl (C=O) groups is 3. The molecule has 0 unspecified atom stereocenters. The van der Waals surface area contributed by atoms with E-state index in [1.165, 1.54) is 20.3 Å². The highest BCUT2D eigenvalue weighted by atomic mass is 17.2. The lowest BCUT2D eigenvalue weighted by Gasteiger charge is -2.13. The average Bonchev–Trinajstić information content (AvgIpc) is 2.56. The van der Waals surface area contributed by atoms with Crippen LogP contribution >= 0.6 is 0 Å². The minimum Gasteiger partial charge on any atom is -0.504 e. The van der Waals surface area contributed by atoms with Crippen molar-refractivity contribution in [2.45, 2.75) is 6.61 Å². The fraction of sp³-hybridized carbons (Fsp3) is 0.357. The number of ether oxygens (including phenoxy) is 3. The molecule has 0 bridgehead atoms. The van der Waals surface area contributed by atoms with E-state index in [-0.39, 0.29) is 30.1 Å². The van der Waals surface area contributed by atoms with Crippen LogP contribution in [0, 0.1) is 0 Å². The summed E-state index contributed by atoms with van der Waals surface area (Å²) in [4.78, 5) is 42.1. The Labute approximate surface area is 131 Å². The number of rotatable bonds is 9. The zero-order chi connectivity index (χ0) is 17.2. The maximum Gasteiger partial charge on any atom is 0.343 e. The molecule has 1 N–H and O–H groups in total. The van der Waals surface area contributed by atoms with Crippen molar-refractivity contribution in [1.29, 1.82) is 0 Å². The molecule has 0 aliphatic heterocycles. The number of phenols is 1. The van der Waals surface area contributed by atoms with Gasteiger partial charge in [-0.2, -0.15) is 0 Å². The second-order valence-corrected chi connectivity index (χ2v) is 4.05. The Kier molecular flexibility index (Phi) is 7.51. The van der Waals surface area contributed by atoms with E-state index in [2.05, 4.69) is 14.4 Å². The summed E-state index contributed by atoms with van der Waals surface area (Å²) in [5.74, 6) is -1.83. The monoisotopic (exact) mass is 328 g/mol. The molecule has 1 aromatic carbocycles. The largest absolute Gasteiger partial charge is 0.504 e. The Bertz CT molecular complexity index is 568. The molecule has 0 amide bonds. The zero-order valence-corrected chi connectivity index (χ0v) is 12.6. The first-order valence-electron chi connectivity index (χ1n) is 6.35. The average molecular weight is 328 g/mol. The second-order valence-electron chi connectivity index (χ2n) is 4.05. The standard InChI is InChI=1S/C14H16O9/c1-19-12(17)8-21-13-10(7-23-22-4-3-15)5-9(6-11(13)16)14(18)20-2/h3,5-6,16H,4,7-8H2,1-2H3. The first-order chi connectivity index (χ1) is 11.0. The molecular formula is C14H16O9. The van der Waals surface area contributed by atoms with Crippen molar-refractivity contribution < 1.29 is 43.5 Å². The highest BCUT2D eigenvalue weighted by molar-refractivity contribution is 5.90. The molecule has 0 radical (unpaired) electrons. The molecule has 0 aromatic heterocycles. The van der Waals surface area contributed by atoms with Gasteiger partial charge < -0.3 is 24.1 Å². The Hall–Kier alpha value is -2.65. The van der Waals surface area contributed by atoms with Gasteiger partial charge in [-0.3, -0.25) is 0 Å². The van der Waals surface area contributed by atoms with Crippen molar-refractivity contribution in [1.82, 2.24) is 0 Å². The third-order valence-electron chi connectivity index (χ3n) is 2.56. The Balaban J connectivity index is 3.01. The molecule has 126 valence electrons. The summed E-state index contributed by atoms with van der Waals surface area (Å²) in [7, 11) is 2.37. The number of hydrogen-bond donors (Lipinski definition) is 1. The summed E-state index contributed by atoms with van der Waals surface area (Å²) in [6, 6.07) is 2.46. The van der Waals surface area contributed by atoms with Gasteiger partial charge in [0.2, 0.25) is 0 Å². The molecule has 23 heavy (non-hydrogen) atoms. The molecule has 0 aliphatic carbocycles. The number of hydrogen-bond acceptors (Lipinski definition) is 9. The van der Waals surface area contributed by atoms with Crippen LogP contribution in [0.5, 0.6) is 11.5 Å². The van der Waals surface area contributed by atoms with Crippen LogP contribution in [-0.2, 0) is 35.4 Å². The number of methoxy groups -OCH3 is 2. The number of benzene rings is 1. The molecule has 0 saturated carbocycles. The summed E-state index contributed by atoms with van der Waals surface area (Å²) in [6.45, 7) is -0.992. The molecule has 0 spiro atoms. The topological polar surface area (TPSA) is 118 Å². The molecule has 0 heterocycles. The summed E-state index contributed by atoms with van der Waals surface area (Å²) < 4.78 is 14.2. The van der Waals surface area contributed by atoms with Crippen LogP contribution in [0.3, 0.4) is 0 Å². The van der Waals surface area contributed by atoms with Crippen molar-refractivity contribution in [2.24, 2.45) is 0 Å². The van der Waals surface area contributed by atoms with E-state index < -0.39 is 24.3 Å². The van der Waals surface area contributed by atoms with Crippen LogP contribution in [-0.4, -0.2) is 50.8 Å². The molecule has 9 heteroatoms. The van der Waals surface area contributed by atoms with Crippen molar-refractivity contribution in [3.8, 4) is 11.5 Å². The number of aromatic hydroxyl groups is 1. The molecule has 0 saturated heterocycles. The lowest BCUT2D eigenvalue weighted by atomic mass is 10.1. The van der Waals surface area contributed by atoms with Crippen molar-refractivity contribution in [3.05, 3.63) is 23.3 Å². The van der Waals surface area contributed by atoms with Crippen LogP contribution in [0.2, 0.25) is 0 Å². The van der Waals surface area contributed by atoms with Gasteiger partial charge in [-0.15, -0.1) is 0 Å². The Morgan fingerprint density at radius 2 is 1.91 bits per heavy atom. The molecule has 0 aliphatic rings. The van der Waals surface area contributed by atoms with Gasteiger partial charge in [0, 0.05) is 5.56 Å². The van der Waals surface area contributed by atoms with Gasteiger partial charge in [-0.25, -0.2) is 19.4 Å². The van der Waals surface area contributed by atoms with E-state index in [0.717, 1.165) is 6.07 Å². The van der Waals surface area contributed by atoms with Gasteiger partial charge in [0.25, 0.3) is 0 Å². The van der Waals surface area contributed by atoms with Crippen LogP contribution in [0.4, 0.5) is 0 Å². The highest BCUT2D eigenvalue weighted by Gasteiger charge is 2.18. The molecular weight excluding hydrogens is 312 g/mol. The van der Waals surface area contributed by atoms with Crippen LogP contribution in [0.15, 0.2) is 12.1 Å². The predicted molar refractivity (Wildman–Crippen MR) is 73.8 cm³/mol. The van der Waals surface area contributed by atoms with Gasteiger partial charge in [-0.1, -0.05) is 0 Å². The summed E-state index contributed by atoms with van der Waals surface area (Å²) >= 11 is 0. The van der Waals surface area contributed by atoms with E-state index in [1.54, 1.807) is 0 Å². The van der Waals surface area contributed by atoms with Gasteiger partial charge in [0.05, 0.1) is 19.8 Å². The van der Waals surface area contributed by atoms with E-state index >= 15 is 0 Å². The van der Waals surface area contributed by atoms with Gasteiger partial charge in [0.15, 0.2) is 18.1 Å². The fourth-order valence-corrected chi connectivity index (χ4v) is 1.55. The number of aldehydes is 1. The molecule has 1 rings (SSSR count). The molecule has 9 nitrogen and oxygen atoms in total. The normalized spacial score (nSPS) is 10.0. The third kappa shape index (κ3) is 5.57. The maximum atomic E-state index is 11.6. The van der Waals surface area contributed by atoms with Crippen LogP contribution < -0.4 is 4.74 Å². The fourth-order valence-electron chi connectivity index (χ4n) is 1.55. The van der Waals surface area contributed by atoms with Crippen molar-refractivity contribution in [2.75, 3.05) is 27.4 Å². The molecule has 0 atom stereocenters. The van der Waals surface area contributed by atoms with Gasteiger partial charge >= 0.3 is 11.9 Å². The third-order valence-corrected chi connectivity index (χ3v) is 2.56. The maximum absolute atomic E-state index is 11.6. The summed E-state index contributed by atoms with van der Waals surface area (Å²) in [6.07, 6.45) is 0.483. The highest BCUT2D eigenvalue weighted by Crippen LogP contribution is 2.33. The first kappa shape index (κ1) is 18.4. The van der Waals surface area contributed by atoms with Crippen LogP contribution in [0.25, 0.3) is 0 Å². The van der Waals surface area contributed by atoms with Crippen LogP contribution in [0.1, 0.15) is 15.9 Å². The first-order valence-corrected chi connectivity index (χ1v) is 6.35. The summed E-state index contributed by atoms with van der Waals surface area (Å²) in [5, 5.41) is 9.97. The molecule has 1 aromatic rings. The SMILES string of the molecule is COC(=O)COc1c(O)cc(C(=O)OC)cc1COOCC=O. The molecule has 0 fully saturated rings.